The van der Waals surface area contributed by atoms with Crippen molar-refractivity contribution in [1.82, 2.24) is 0 Å². The van der Waals surface area contributed by atoms with Crippen LogP contribution < -0.4 is 5.73 Å². The SMILES string of the molecule is CC/C=C(\C(C)=O)c1cc(Cl)ccc1N. The van der Waals surface area contributed by atoms with E-state index in [1.807, 2.05) is 13.0 Å². The summed E-state index contributed by atoms with van der Waals surface area (Å²) in [6.45, 7) is 3.51. The van der Waals surface area contributed by atoms with Gasteiger partial charge >= 0.3 is 0 Å². The van der Waals surface area contributed by atoms with E-state index in [2.05, 4.69) is 0 Å². The Hall–Kier alpha value is -1.28. The van der Waals surface area contributed by atoms with Crippen LogP contribution in [0.1, 0.15) is 25.8 Å². The lowest BCUT2D eigenvalue weighted by molar-refractivity contribution is -0.111. The van der Waals surface area contributed by atoms with E-state index in [1.54, 1.807) is 18.2 Å². The number of allylic oxidation sites excluding steroid dienone is 2. The molecular weight excluding hydrogens is 210 g/mol. The first-order chi connectivity index (χ1) is 7.06. The Kier molecular flexibility index (Phi) is 3.92. The molecule has 0 radical (unpaired) electrons. The Morgan fingerprint density at radius 3 is 2.73 bits per heavy atom. The van der Waals surface area contributed by atoms with Crippen molar-refractivity contribution in [1.29, 1.82) is 0 Å². The maximum absolute atomic E-state index is 11.4. The highest BCUT2D eigenvalue weighted by Gasteiger charge is 2.10. The van der Waals surface area contributed by atoms with Crippen molar-refractivity contribution in [3.63, 3.8) is 0 Å². The van der Waals surface area contributed by atoms with E-state index in [0.717, 1.165) is 12.0 Å². The minimum atomic E-state index is 0.00539. The number of benzene rings is 1. The summed E-state index contributed by atoms with van der Waals surface area (Å²) in [6.07, 6.45) is 2.66. The standard InChI is InChI=1S/C12H14ClNO/c1-3-4-10(8(2)15)11-7-9(13)5-6-12(11)14/h4-7H,3,14H2,1-2H3/b10-4+. The molecule has 1 rings (SSSR count). The first-order valence-electron chi connectivity index (χ1n) is 4.82. The van der Waals surface area contributed by atoms with Gasteiger partial charge in [-0.3, -0.25) is 4.79 Å². The molecule has 0 spiro atoms. The van der Waals surface area contributed by atoms with E-state index < -0.39 is 0 Å². The fraction of sp³-hybridized carbons (Fsp3) is 0.250. The zero-order valence-electron chi connectivity index (χ0n) is 8.88. The Morgan fingerprint density at radius 1 is 1.53 bits per heavy atom. The van der Waals surface area contributed by atoms with Gasteiger partial charge in [0.15, 0.2) is 5.78 Å². The van der Waals surface area contributed by atoms with Crippen molar-refractivity contribution >= 4 is 28.6 Å². The highest BCUT2D eigenvalue weighted by molar-refractivity contribution is 6.31. The first kappa shape index (κ1) is 11.8. The predicted molar refractivity (Wildman–Crippen MR) is 64.8 cm³/mol. The van der Waals surface area contributed by atoms with Gasteiger partial charge in [0.05, 0.1) is 0 Å². The van der Waals surface area contributed by atoms with Crippen molar-refractivity contribution in [3.05, 3.63) is 34.9 Å². The molecule has 0 aliphatic rings. The number of ketones is 1. The second-order valence-electron chi connectivity index (χ2n) is 3.31. The molecular formula is C12H14ClNO. The summed E-state index contributed by atoms with van der Waals surface area (Å²) in [4.78, 5) is 11.4. The number of anilines is 1. The van der Waals surface area contributed by atoms with Crippen LogP contribution in [0.4, 0.5) is 5.69 Å². The van der Waals surface area contributed by atoms with Gasteiger partial charge in [0.1, 0.15) is 0 Å². The van der Waals surface area contributed by atoms with Gasteiger partial charge in [0.2, 0.25) is 0 Å². The van der Waals surface area contributed by atoms with E-state index >= 15 is 0 Å². The van der Waals surface area contributed by atoms with Crippen molar-refractivity contribution < 1.29 is 4.79 Å². The van der Waals surface area contributed by atoms with Crippen LogP contribution in [-0.2, 0) is 4.79 Å². The van der Waals surface area contributed by atoms with E-state index in [-0.39, 0.29) is 5.78 Å². The van der Waals surface area contributed by atoms with E-state index in [0.29, 0.717) is 16.3 Å². The topological polar surface area (TPSA) is 43.1 Å². The highest BCUT2D eigenvalue weighted by Crippen LogP contribution is 2.26. The third-order valence-corrected chi connectivity index (χ3v) is 2.33. The summed E-state index contributed by atoms with van der Waals surface area (Å²) in [7, 11) is 0. The van der Waals surface area contributed by atoms with Crippen LogP contribution in [-0.4, -0.2) is 5.78 Å². The summed E-state index contributed by atoms with van der Waals surface area (Å²) in [5.41, 5.74) is 7.74. The summed E-state index contributed by atoms with van der Waals surface area (Å²) < 4.78 is 0. The first-order valence-corrected chi connectivity index (χ1v) is 5.20. The maximum Gasteiger partial charge on any atom is 0.160 e. The largest absolute Gasteiger partial charge is 0.398 e. The van der Waals surface area contributed by atoms with Crippen LogP contribution in [0.15, 0.2) is 24.3 Å². The number of nitrogen functional groups attached to an aromatic ring is 1. The molecule has 0 bridgehead atoms. The number of carbonyl (C=O) groups excluding carboxylic acids is 1. The van der Waals surface area contributed by atoms with Gasteiger partial charge in [0, 0.05) is 21.8 Å². The Labute approximate surface area is 94.7 Å². The molecule has 15 heavy (non-hydrogen) atoms. The van der Waals surface area contributed by atoms with Crippen LogP contribution >= 0.6 is 11.6 Å². The van der Waals surface area contributed by atoms with Crippen molar-refractivity contribution in [2.45, 2.75) is 20.3 Å². The normalized spacial score (nSPS) is 11.5. The molecule has 0 atom stereocenters. The third-order valence-electron chi connectivity index (χ3n) is 2.09. The van der Waals surface area contributed by atoms with Crippen molar-refractivity contribution in [3.8, 4) is 0 Å². The molecule has 0 heterocycles. The molecule has 2 nitrogen and oxygen atoms in total. The molecule has 0 saturated carbocycles. The number of rotatable bonds is 3. The monoisotopic (exact) mass is 223 g/mol. The fourth-order valence-electron chi connectivity index (χ4n) is 1.41. The minimum absolute atomic E-state index is 0.00539. The average Bonchev–Trinajstić information content (AvgIpc) is 2.18. The van der Waals surface area contributed by atoms with E-state index in [9.17, 15) is 4.79 Å². The number of carbonyl (C=O) groups is 1. The number of Topliss-reactive ketones (excluding diaryl/α,β-unsaturated/α-hetero) is 1. The summed E-state index contributed by atoms with van der Waals surface area (Å²) >= 11 is 5.87. The maximum atomic E-state index is 11.4. The molecule has 0 aliphatic carbocycles. The molecule has 3 heteroatoms. The lowest BCUT2D eigenvalue weighted by Crippen LogP contribution is -2.00. The fourth-order valence-corrected chi connectivity index (χ4v) is 1.58. The lowest BCUT2D eigenvalue weighted by Gasteiger charge is -2.08. The van der Waals surface area contributed by atoms with E-state index in [4.69, 9.17) is 17.3 Å². The van der Waals surface area contributed by atoms with Gasteiger partial charge in [-0.25, -0.2) is 0 Å². The molecule has 80 valence electrons. The van der Waals surface area contributed by atoms with Crippen LogP contribution in [0.5, 0.6) is 0 Å². The molecule has 1 aromatic rings. The lowest BCUT2D eigenvalue weighted by atomic mass is 10.00. The third kappa shape index (κ3) is 2.83. The average molecular weight is 224 g/mol. The zero-order valence-corrected chi connectivity index (χ0v) is 9.64. The molecule has 2 N–H and O–H groups in total. The molecule has 0 aromatic heterocycles. The number of hydrogen-bond donors (Lipinski definition) is 1. The quantitative estimate of drug-likeness (QED) is 0.631. The molecule has 0 aliphatic heterocycles. The van der Waals surface area contributed by atoms with Crippen LogP contribution in [0.2, 0.25) is 5.02 Å². The van der Waals surface area contributed by atoms with Gasteiger partial charge in [-0.1, -0.05) is 24.6 Å². The Morgan fingerprint density at radius 2 is 2.20 bits per heavy atom. The van der Waals surface area contributed by atoms with Crippen LogP contribution in [0.3, 0.4) is 0 Å². The Bertz CT molecular complexity index is 410. The second kappa shape index (κ2) is 4.99. The molecule has 0 fully saturated rings. The van der Waals surface area contributed by atoms with Gasteiger partial charge in [-0.2, -0.15) is 0 Å². The van der Waals surface area contributed by atoms with Crippen molar-refractivity contribution in [2.24, 2.45) is 0 Å². The summed E-state index contributed by atoms with van der Waals surface area (Å²) in [6, 6.07) is 5.15. The smallest absolute Gasteiger partial charge is 0.160 e. The molecule has 0 amide bonds. The van der Waals surface area contributed by atoms with Gasteiger partial charge in [-0.05, 0) is 31.5 Å². The predicted octanol–water partition coefficient (Wildman–Crippen LogP) is 3.30. The highest BCUT2D eigenvalue weighted by atomic mass is 35.5. The van der Waals surface area contributed by atoms with E-state index in [1.165, 1.54) is 6.92 Å². The van der Waals surface area contributed by atoms with Gasteiger partial charge in [-0.15, -0.1) is 0 Å². The molecule has 0 saturated heterocycles. The van der Waals surface area contributed by atoms with Gasteiger partial charge < -0.3 is 5.73 Å². The molecule has 0 unspecified atom stereocenters. The van der Waals surface area contributed by atoms with Gasteiger partial charge in [0.25, 0.3) is 0 Å². The minimum Gasteiger partial charge on any atom is -0.398 e. The Balaban J connectivity index is 3.28. The van der Waals surface area contributed by atoms with Crippen LogP contribution in [0, 0.1) is 0 Å². The zero-order chi connectivity index (χ0) is 11.4. The number of nitrogens with two attached hydrogens (primary N) is 1. The second-order valence-corrected chi connectivity index (χ2v) is 3.75. The summed E-state index contributed by atoms with van der Waals surface area (Å²) in [5, 5.41) is 0.586. The molecule has 1 aromatic carbocycles. The summed E-state index contributed by atoms with van der Waals surface area (Å²) in [5.74, 6) is 0.00539. The van der Waals surface area contributed by atoms with Crippen molar-refractivity contribution in [2.75, 3.05) is 5.73 Å². The van der Waals surface area contributed by atoms with Crippen LogP contribution in [0.25, 0.3) is 5.57 Å². The number of halogens is 1. The number of hydrogen-bond acceptors (Lipinski definition) is 2.